The lowest BCUT2D eigenvalue weighted by Gasteiger charge is -2.18. The molecule has 0 unspecified atom stereocenters. The van der Waals surface area contributed by atoms with Gasteiger partial charge in [-0.15, -0.1) is 0 Å². The zero-order valence-electron chi connectivity index (χ0n) is 14.1. The largest absolute Gasteiger partial charge is 0.870 e. The fourth-order valence-corrected chi connectivity index (χ4v) is 3.17. The standard InChI is InChI=1S/C15H10O13S2/c16-7-4-9(18)12-11(5-7)26-14(15(13(12)19)28-30(23,24)25)6-1-2-8(17)10(3-6)27-29(20,21)22/h1-5,16-18H,(H,20,21,22)(H,23,24,25)/p-3. The molecule has 0 atom stereocenters. The topological polar surface area (TPSA) is 227 Å². The normalized spacial score (nSPS) is 12.1. The van der Waals surface area contributed by atoms with Crippen LogP contribution in [-0.4, -0.2) is 36.2 Å². The second kappa shape index (κ2) is 7.06. The third-order valence-electron chi connectivity index (χ3n) is 3.50. The summed E-state index contributed by atoms with van der Waals surface area (Å²) in [7, 11) is -10.9. The molecule has 0 aliphatic carbocycles. The number of phenols is 2. The van der Waals surface area contributed by atoms with Crippen LogP contribution in [0.15, 0.2) is 39.5 Å². The van der Waals surface area contributed by atoms with Gasteiger partial charge < -0.3 is 37.2 Å². The molecule has 1 aromatic heterocycles. The average Bonchev–Trinajstić information content (AvgIpc) is 2.56. The Balaban J connectivity index is 2.38. The molecule has 0 radical (unpaired) electrons. The molecular formula is C15H7O13S2-3. The number of hydrogen-bond acceptors (Lipinski definition) is 13. The number of rotatable bonds is 5. The zero-order chi connectivity index (χ0) is 22.4. The van der Waals surface area contributed by atoms with Crippen LogP contribution < -0.4 is 18.9 Å². The summed E-state index contributed by atoms with van der Waals surface area (Å²) < 4.78 is 78.9. The molecule has 0 bridgehead atoms. The van der Waals surface area contributed by atoms with Crippen LogP contribution in [0.4, 0.5) is 0 Å². The van der Waals surface area contributed by atoms with Gasteiger partial charge in [0.05, 0.1) is 0 Å². The minimum Gasteiger partial charge on any atom is -0.870 e. The molecule has 0 saturated carbocycles. The molecule has 160 valence electrons. The van der Waals surface area contributed by atoms with E-state index in [0.717, 1.165) is 18.2 Å². The molecule has 3 rings (SSSR count). The van der Waals surface area contributed by atoms with Crippen LogP contribution in [0, 0.1) is 0 Å². The average molecular weight is 459 g/mol. The van der Waals surface area contributed by atoms with Crippen LogP contribution in [-0.2, 0) is 20.8 Å². The van der Waals surface area contributed by atoms with E-state index in [-0.39, 0.29) is 0 Å². The summed E-state index contributed by atoms with van der Waals surface area (Å²) in [6.45, 7) is 0. The first kappa shape index (κ1) is 21.2. The van der Waals surface area contributed by atoms with Crippen molar-refractivity contribution in [2.75, 3.05) is 0 Å². The molecule has 1 heterocycles. The highest BCUT2D eigenvalue weighted by molar-refractivity contribution is 7.81. The highest BCUT2D eigenvalue weighted by Crippen LogP contribution is 2.38. The van der Waals surface area contributed by atoms with Crippen molar-refractivity contribution >= 4 is 31.8 Å². The predicted molar refractivity (Wildman–Crippen MR) is 91.3 cm³/mol. The van der Waals surface area contributed by atoms with E-state index in [2.05, 4.69) is 8.37 Å². The molecule has 0 spiro atoms. The van der Waals surface area contributed by atoms with Gasteiger partial charge in [0.1, 0.15) is 28.2 Å². The van der Waals surface area contributed by atoms with Crippen molar-refractivity contribution in [3.63, 3.8) is 0 Å². The van der Waals surface area contributed by atoms with E-state index in [4.69, 9.17) is 4.42 Å². The lowest BCUT2D eigenvalue weighted by molar-refractivity contribution is -0.269. The number of aromatic hydroxyl groups is 2. The van der Waals surface area contributed by atoms with Gasteiger partial charge in [-0.25, -0.2) is 16.8 Å². The molecule has 15 heteroatoms. The van der Waals surface area contributed by atoms with Crippen LogP contribution in [0.5, 0.6) is 28.7 Å². The summed E-state index contributed by atoms with van der Waals surface area (Å²) in [4.78, 5) is 12.6. The minimum atomic E-state index is -5.55. The van der Waals surface area contributed by atoms with Crippen molar-refractivity contribution in [1.82, 2.24) is 0 Å². The Morgan fingerprint density at radius 1 is 0.933 bits per heavy atom. The van der Waals surface area contributed by atoms with Gasteiger partial charge in [-0.2, -0.15) is 0 Å². The Hall–Kier alpha value is -3.53. The van der Waals surface area contributed by atoms with Crippen molar-refractivity contribution in [2.24, 2.45) is 0 Å². The number of hydrogen-bond donors (Lipinski definition) is 2. The smallest absolute Gasteiger partial charge is 0.262 e. The van der Waals surface area contributed by atoms with E-state index in [9.17, 15) is 46.1 Å². The molecule has 2 N–H and O–H groups in total. The summed E-state index contributed by atoms with van der Waals surface area (Å²) in [5, 5.41) is 30.5. The summed E-state index contributed by atoms with van der Waals surface area (Å²) in [5.41, 5.74) is -2.27. The van der Waals surface area contributed by atoms with Crippen molar-refractivity contribution in [1.29, 1.82) is 0 Å². The maximum Gasteiger partial charge on any atom is 0.262 e. The molecule has 30 heavy (non-hydrogen) atoms. The second-order valence-electron chi connectivity index (χ2n) is 5.57. The minimum absolute atomic E-state index is 0.422. The third-order valence-corrected chi connectivity index (χ3v) is 4.26. The van der Waals surface area contributed by atoms with Gasteiger partial charge in [-0.1, -0.05) is 17.9 Å². The molecule has 0 amide bonds. The van der Waals surface area contributed by atoms with Crippen molar-refractivity contribution in [3.8, 4) is 40.1 Å². The van der Waals surface area contributed by atoms with Gasteiger partial charge >= 0.3 is 0 Å². The van der Waals surface area contributed by atoms with Crippen molar-refractivity contribution < 1.29 is 54.0 Å². The molecular weight excluding hydrogens is 452 g/mol. The maximum atomic E-state index is 12.6. The van der Waals surface area contributed by atoms with Crippen LogP contribution >= 0.6 is 0 Å². The first-order chi connectivity index (χ1) is 13.7. The summed E-state index contributed by atoms with van der Waals surface area (Å²) in [6.07, 6.45) is 0. The molecule has 13 nitrogen and oxygen atoms in total. The SMILES string of the molecule is O=c1c(OS(=O)(=O)[O-])c(-c2ccc([O-])c(OS(=O)(=O)[O-])c2)oc2cc(O)cc(O)c12. The van der Waals surface area contributed by atoms with Crippen LogP contribution in [0.25, 0.3) is 22.3 Å². The lowest BCUT2D eigenvalue weighted by atomic mass is 10.1. The van der Waals surface area contributed by atoms with E-state index in [0.29, 0.717) is 12.1 Å². The van der Waals surface area contributed by atoms with Crippen LogP contribution in [0.1, 0.15) is 0 Å². The fraction of sp³-hybridized carbons (Fsp3) is 0. The number of phenolic OH excluding ortho intramolecular Hbond substituents is 2. The predicted octanol–water partition coefficient (Wildman–Crippen LogP) is -0.377. The van der Waals surface area contributed by atoms with Gasteiger partial charge in [-0.3, -0.25) is 4.79 Å². The lowest BCUT2D eigenvalue weighted by Crippen LogP contribution is -2.16. The number of benzene rings is 2. The monoisotopic (exact) mass is 459 g/mol. The first-order valence-corrected chi connectivity index (χ1v) is 10.1. The Morgan fingerprint density at radius 2 is 1.57 bits per heavy atom. The summed E-state index contributed by atoms with van der Waals surface area (Å²) in [6, 6.07) is 3.79. The van der Waals surface area contributed by atoms with Crippen molar-refractivity contribution in [3.05, 3.63) is 40.6 Å². The molecule has 2 aromatic carbocycles. The van der Waals surface area contributed by atoms with E-state index in [1.165, 1.54) is 0 Å². The molecule has 0 aliphatic rings. The summed E-state index contributed by atoms with van der Waals surface area (Å²) >= 11 is 0. The van der Waals surface area contributed by atoms with Gasteiger partial charge in [0, 0.05) is 17.7 Å². The van der Waals surface area contributed by atoms with E-state index in [1.807, 2.05) is 0 Å². The van der Waals surface area contributed by atoms with Gasteiger partial charge in [0.25, 0.3) is 20.8 Å². The quantitative estimate of drug-likeness (QED) is 0.367. The van der Waals surface area contributed by atoms with Crippen molar-refractivity contribution in [2.45, 2.75) is 0 Å². The number of fused-ring (bicyclic) bond motifs is 1. The second-order valence-corrected chi connectivity index (χ2v) is 7.54. The zero-order valence-corrected chi connectivity index (χ0v) is 15.7. The third kappa shape index (κ3) is 4.38. The highest BCUT2D eigenvalue weighted by atomic mass is 32.3. The first-order valence-electron chi connectivity index (χ1n) is 7.40. The van der Waals surface area contributed by atoms with Gasteiger partial charge in [0.15, 0.2) is 5.76 Å². The Morgan fingerprint density at radius 3 is 2.17 bits per heavy atom. The summed E-state index contributed by atoms with van der Waals surface area (Å²) in [5.74, 6) is -5.56. The Labute approximate surface area is 166 Å². The fourth-order valence-electron chi connectivity index (χ4n) is 2.46. The van der Waals surface area contributed by atoms with Crippen LogP contribution in [0.3, 0.4) is 0 Å². The molecule has 0 fully saturated rings. The van der Waals surface area contributed by atoms with Crippen LogP contribution in [0.2, 0.25) is 0 Å². The maximum absolute atomic E-state index is 12.6. The van der Waals surface area contributed by atoms with E-state index in [1.54, 1.807) is 0 Å². The Kier molecular flexibility index (Phi) is 4.99. The van der Waals surface area contributed by atoms with Gasteiger partial charge in [-0.05, 0) is 6.07 Å². The van der Waals surface area contributed by atoms with E-state index >= 15 is 0 Å². The Bertz CT molecular complexity index is 1440. The molecule has 0 saturated heterocycles. The van der Waals surface area contributed by atoms with E-state index < -0.39 is 77.3 Å². The van der Waals surface area contributed by atoms with Gasteiger partial charge in [0.2, 0.25) is 11.2 Å². The highest BCUT2D eigenvalue weighted by Gasteiger charge is 2.23. The molecule has 3 aromatic rings. The molecule has 0 aliphatic heterocycles.